The molecule has 0 spiro atoms. The average Bonchev–Trinajstić information content (AvgIpc) is 2.96. The lowest BCUT2D eigenvalue weighted by Gasteiger charge is -2.22. The first-order valence-electron chi connectivity index (χ1n) is 6.21. The van der Waals surface area contributed by atoms with Gasteiger partial charge < -0.3 is 9.67 Å². The summed E-state index contributed by atoms with van der Waals surface area (Å²) in [5.41, 5.74) is -0.0293. The van der Waals surface area contributed by atoms with Crippen LogP contribution < -0.4 is 0 Å². The van der Waals surface area contributed by atoms with E-state index in [9.17, 15) is 13.2 Å². The van der Waals surface area contributed by atoms with Gasteiger partial charge in [0.2, 0.25) is 10.0 Å². The van der Waals surface area contributed by atoms with Crippen molar-refractivity contribution in [2.75, 3.05) is 7.05 Å². The van der Waals surface area contributed by atoms with Crippen molar-refractivity contribution in [1.29, 1.82) is 0 Å². The first-order chi connectivity index (χ1) is 8.84. The fourth-order valence-electron chi connectivity index (χ4n) is 2.52. The van der Waals surface area contributed by atoms with E-state index in [1.165, 1.54) is 28.2 Å². The number of sulfonamides is 1. The Hall–Kier alpha value is -1.34. The van der Waals surface area contributed by atoms with Gasteiger partial charge in [-0.3, -0.25) is 0 Å². The van der Waals surface area contributed by atoms with Gasteiger partial charge in [-0.25, -0.2) is 13.2 Å². The van der Waals surface area contributed by atoms with E-state index in [0.717, 1.165) is 25.7 Å². The zero-order valence-electron chi connectivity index (χ0n) is 11.0. The van der Waals surface area contributed by atoms with Crippen LogP contribution in [0.15, 0.2) is 17.2 Å². The second-order valence-electron chi connectivity index (χ2n) is 4.94. The molecule has 0 radical (unpaired) electrons. The van der Waals surface area contributed by atoms with Gasteiger partial charge in [-0.15, -0.1) is 0 Å². The van der Waals surface area contributed by atoms with Gasteiger partial charge in [0, 0.05) is 26.3 Å². The van der Waals surface area contributed by atoms with E-state index in [1.807, 2.05) is 0 Å². The Morgan fingerprint density at radius 3 is 2.47 bits per heavy atom. The second kappa shape index (κ2) is 4.97. The lowest BCUT2D eigenvalue weighted by molar-refractivity contribution is 0.0686. The van der Waals surface area contributed by atoms with Gasteiger partial charge >= 0.3 is 5.97 Å². The zero-order chi connectivity index (χ0) is 14.2. The third-order valence-corrected chi connectivity index (χ3v) is 5.59. The summed E-state index contributed by atoms with van der Waals surface area (Å²) in [6.07, 6.45) is 5.17. The summed E-state index contributed by atoms with van der Waals surface area (Å²) in [5.74, 6) is -1.13. The maximum Gasteiger partial charge on any atom is 0.352 e. The highest BCUT2D eigenvalue weighted by atomic mass is 32.2. The topological polar surface area (TPSA) is 79.6 Å². The highest BCUT2D eigenvalue weighted by Gasteiger charge is 2.31. The summed E-state index contributed by atoms with van der Waals surface area (Å²) in [4.78, 5) is 11.0. The number of hydrogen-bond acceptors (Lipinski definition) is 3. The Kier molecular flexibility index (Phi) is 3.69. The zero-order valence-corrected chi connectivity index (χ0v) is 11.9. The van der Waals surface area contributed by atoms with Crippen LogP contribution in [0, 0.1) is 0 Å². The van der Waals surface area contributed by atoms with E-state index in [4.69, 9.17) is 5.11 Å². The molecule has 1 fully saturated rings. The molecular formula is C12H18N2O4S. The molecule has 0 aliphatic heterocycles. The standard InChI is InChI=1S/C12H18N2O4S/c1-13-8-10(7-11(13)12(15)16)19(17,18)14(2)9-5-3-4-6-9/h7-9H,3-6H2,1-2H3,(H,15,16). The summed E-state index contributed by atoms with van der Waals surface area (Å²) >= 11 is 0. The number of aromatic nitrogens is 1. The van der Waals surface area contributed by atoms with Crippen LogP contribution in [-0.2, 0) is 17.1 Å². The molecule has 106 valence electrons. The van der Waals surface area contributed by atoms with Gasteiger partial charge in [-0.1, -0.05) is 12.8 Å². The lowest BCUT2D eigenvalue weighted by atomic mass is 10.3. The number of rotatable bonds is 4. The maximum absolute atomic E-state index is 12.4. The predicted molar refractivity (Wildman–Crippen MR) is 69.6 cm³/mol. The predicted octanol–water partition coefficient (Wildman–Crippen LogP) is 1.29. The Bertz CT molecular complexity index is 585. The molecule has 0 aromatic carbocycles. The normalized spacial score (nSPS) is 17.2. The van der Waals surface area contributed by atoms with E-state index in [2.05, 4.69) is 0 Å². The highest BCUT2D eigenvalue weighted by molar-refractivity contribution is 7.89. The van der Waals surface area contributed by atoms with Crippen molar-refractivity contribution in [3.05, 3.63) is 18.0 Å². The molecule has 1 aliphatic rings. The van der Waals surface area contributed by atoms with Gasteiger partial charge in [-0.2, -0.15) is 4.31 Å². The fourth-order valence-corrected chi connectivity index (χ4v) is 4.01. The number of nitrogens with zero attached hydrogens (tertiary/aromatic N) is 2. The van der Waals surface area contributed by atoms with Crippen molar-refractivity contribution in [2.24, 2.45) is 7.05 Å². The smallest absolute Gasteiger partial charge is 0.352 e. The number of carbonyl (C=O) groups is 1. The number of carboxylic acid groups (broad SMARTS) is 1. The molecule has 7 heteroatoms. The van der Waals surface area contributed by atoms with Crippen molar-refractivity contribution in [2.45, 2.75) is 36.6 Å². The van der Waals surface area contributed by atoms with Crippen LogP contribution in [-0.4, -0.2) is 41.5 Å². The Morgan fingerprint density at radius 2 is 2.00 bits per heavy atom. The molecule has 0 bridgehead atoms. The fraction of sp³-hybridized carbons (Fsp3) is 0.583. The molecule has 2 rings (SSSR count). The van der Waals surface area contributed by atoms with Gasteiger partial charge in [0.05, 0.1) is 0 Å². The molecule has 0 amide bonds. The van der Waals surface area contributed by atoms with Gasteiger partial charge in [-0.05, 0) is 18.9 Å². The number of aryl methyl sites for hydroxylation is 1. The van der Waals surface area contributed by atoms with Gasteiger partial charge in [0.1, 0.15) is 10.6 Å². The first kappa shape index (κ1) is 14.1. The minimum atomic E-state index is -3.61. The van der Waals surface area contributed by atoms with Crippen molar-refractivity contribution >= 4 is 16.0 Å². The Morgan fingerprint density at radius 1 is 1.42 bits per heavy atom. The van der Waals surface area contributed by atoms with Crippen molar-refractivity contribution in [1.82, 2.24) is 8.87 Å². The molecule has 1 N–H and O–H groups in total. The molecule has 1 aromatic rings. The monoisotopic (exact) mass is 286 g/mol. The molecule has 19 heavy (non-hydrogen) atoms. The van der Waals surface area contributed by atoms with E-state index in [-0.39, 0.29) is 16.6 Å². The summed E-state index contributed by atoms with van der Waals surface area (Å²) in [5, 5.41) is 8.97. The minimum Gasteiger partial charge on any atom is -0.477 e. The van der Waals surface area contributed by atoms with E-state index in [1.54, 1.807) is 7.05 Å². The third kappa shape index (κ3) is 2.52. The van der Waals surface area contributed by atoms with Crippen LogP contribution in [0.4, 0.5) is 0 Å². The average molecular weight is 286 g/mol. The van der Waals surface area contributed by atoms with Crippen LogP contribution in [0.5, 0.6) is 0 Å². The summed E-state index contributed by atoms with van der Waals surface area (Å²) in [7, 11) is -0.514. The summed E-state index contributed by atoms with van der Waals surface area (Å²) in [6.45, 7) is 0. The van der Waals surface area contributed by atoms with Crippen LogP contribution in [0.2, 0.25) is 0 Å². The molecule has 1 heterocycles. The van der Waals surface area contributed by atoms with E-state index in [0.29, 0.717) is 0 Å². The Balaban J connectivity index is 2.33. The lowest BCUT2D eigenvalue weighted by Crippen LogP contribution is -2.35. The van der Waals surface area contributed by atoms with Crippen molar-refractivity contribution < 1.29 is 18.3 Å². The molecule has 1 saturated carbocycles. The maximum atomic E-state index is 12.4. The van der Waals surface area contributed by atoms with Crippen molar-refractivity contribution in [3.63, 3.8) is 0 Å². The molecule has 6 nitrogen and oxygen atoms in total. The van der Waals surface area contributed by atoms with Crippen LogP contribution in [0.1, 0.15) is 36.2 Å². The number of hydrogen-bond donors (Lipinski definition) is 1. The molecule has 1 aliphatic carbocycles. The van der Waals surface area contributed by atoms with Crippen LogP contribution >= 0.6 is 0 Å². The second-order valence-corrected chi connectivity index (χ2v) is 6.93. The van der Waals surface area contributed by atoms with Crippen LogP contribution in [0.25, 0.3) is 0 Å². The quantitative estimate of drug-likeness (QED) is 0.904. The molecule has 0 unspecified atom stereocenters. The van der Waals surface area contributed by atoms with Gasteiger partial charge in [0.15, 0.2) is 0 Å². The van der Waals surface area contributed by atoms with Crippen LogP contribution in [0.3, 0.4) is 0 Å². The molecule has 0 saturated heterocycles. The third-order valence-electron chi connectivity index (χ3n) is 3.71. The first-order valence-corrected chi connectivity index (χ1v) is 7.65. The summed E-state index contributed by atoms with van der Waals surface area (Å²) in [6, 6.07) is 1.24. The highest BCUT2D eigenvalue weighted by Crippen LogP contribution is 2.27. The number of carboxylic acids is 1. The summed E-state index contributed by atoms with van der Waals surface area (Å²) < 4.78 is 27.5. The number of aromatic carboxylic acids is 1. The molecule has 0 atom stereocenters. The van der Waals surface area contributed by atoms with E-state index < -0.39 is 16.0 Å². The van der Waals surface area contributed by atoms with Crippen molar-refractivity contribution in [3.8, 4) is 0 Å². The SMILES string of the molecule is CN(C1CCCC1)S(=O)(=O)c1cc(C(=O)O)n(C)c1. The molecular weight excluding hydrogens is 268 g/mol. The minimum absolute atomic E-state index is 0.0264. The van der Waals surface area contributed by atoms with E-state index >= 15 is 0 Å². The van der Waals surface area contributed by atoms with Gasteiger partial charge in [0.25, 0.3) is 0 Å². The molecule has 1 aromatic heterocycles. The largest absolute Gasteiger partial charge is 0.477 e. The Labute approximate surface area is 112 Å².